The largest absolute Gasteiger partial charge is 0.383 e. The van der Waals surface area contributed by atoms with Gasteiger partial charge in [0.05, 0.1) is 13.2 Å². The van der Waals surface area contributed by atoms with Crippen molar-refractivity contribution < 1.29 is 14.3 Å². The Hall–Kier alpha value is -1.54. The van der Waals surface area contributed by atoms with Gasteiger partial charge in [-0.2, -0.15) is 0 Å². The molecule has 1 aliphatic rings. The molecule has 1 saturated heterocycles. The van der Waals surface area contributed by atoms with Crippen molar-refractivity contribution in [3.8, 4) is 12.3 Å². The maximum absolute atomic E-state index is 11.5. The van der Waals surface area contributed by atoms with E-state index in [-0.39, 0.29) is 18.9 Å². The van der Waals surface area contributed by atoms with Crippen molar-refractivity contribution in [3.05, 3.63) is 0 Å². The first-order valence-corrected chi connectivity index (χ1v) is 4.25. The number of carbonyl (C=O) groups excluding carboxylic acids is 2. The third-order valence-corrected chi connectivity index (χ3v) is 1.95. The van der Waals surface area contributed by atoms with Crippen LogP contribution < -0.4 is 5.32 Å². The molecule has 3 amide bonds. The number of amides is 3. The predicted molar refractivity (Wildman–Crippen MR) is 49.4 cm³/mol. The van der Waals surface area contributed by atoms with Gasteiger partial charge in [0, 0.05) is 13.5 Å². The number of ether oxygens (including phenoxy) is 1. The zero-order chi connectivity index (χ0) is 10.6. The Morgan fingerprint density at radius 1 is 1.64 bits per heavy atom. The van der Waals surface area contributed by atoms with Crippen LogP contribution in [-0.4, -0.2) is 43.1 Å². The molecule has 1 N–H and O–H groups in total. The highest BCUT2D eigenvalue weighted by atomic mass is 16.5. The first-order chi connectivity index (χ1) is 6.70. The molecule has 0 saturated carbocycles. The van der Waals surface area contributed by atoms with E-state index in [1.165, 1.54) is 7.11 Å². The lowest BCUT2D eigenvalue weighted by atomic mass is 10.2. The van der Waals surface area contributed by atoms with Crippen LogP contribution in [0.3, 0.4) is 0 Å². The average molecular weight is 196 g/mol. The number of carbonyl (C=O) groups is 2. The molecule has 0 aromatic carbocycles. The molecule has 0 aromatic heterocycles. The zero-order valence-corrected chi connectivity index (χ0v) is 7.95. The first kappa shape index (κ1) is 10.5. The number of terminal acetylenes is 1. The molecule has 14 heavy (non-hydrogen) atoms. The van der Waals surface area contributed by atoms with Gasteiger partial charge in [-0.05, 0) is 0 Å². The molecule has 1 heterocycles. The molecule has 0 spiro atoms. The van der Waals surface area contributed by atoms with Crippen molar-refractivity contribution in [2.75, 3.05) is 20.3 Å². The molecule has 0 radical (unpaired) electrons. The fourth-order valence-corrected chi connectivity index (χ4v) is 1.23. The maximum Gasteiger partial charge on any atom is 0.324 e. The van der Waals surface area contributed by atoms with Crippen molar-refractivity contribution >= 4 is 11.9 Å². The van der Waals surface area contributed by atoms with Crippen LogP contribution in [0.15, 0.2) is 0 Å². The Morgan fingerprint density at radius 2 is 2.36 bits per heavy atom. The standard InChI is InChI=1S/C9H12N2O3/c1-3-4-7-8(12)11(5-6-14-2)9(13)10-7/h1,7H,4-6H2,2H3,(H,10,13). The van der Waals surface area contributed by atoms with Gasteiger partial charge in [0.15, 0.2) is 0 Å². The van der Waals surface area contributed by atoms with Crippen LogP contribution in [0.5, 0.6) is 0 Å². The second-order valence-corrected chi connectivity index (χ2v) is 2.89. The molecule has 0 aromatic rings. The first-order valence-electron chi connectivity index (χ1n) is 4.25. The summed E-state index contributed by atoms with van der Waals surface area (Å²) < 4.78 is 4.78. The summed E-state index contributed by atoms with van der Waals surface area (Å²) in [6.45, 7) is 0.601. The molecule has 1 aliphatic heterocycles. The van der Waals surface area contributed by atoms with Crippen LogP contribution in [0.4, 0.5) is 4.79 Å². The third-order valence-electron chi connectivity index (χ3n) is 1.95. The van der Waals surface area contributed by atoms with Crippen LogP contribution >= 0.6 is 0 Å². The SMILES string of the molecule is C#CCC1NC(=O)N(CCOC)C1=O. The van der Waals surface area contributed by atoms with E-state index >= 15 is 0 Å². The molecular formula is C9H12N2O3. The van der Waals surface area contributed by atoms with E-state index < -0.39 is 12.1 Å². The number of rotatable bonds is 4. The van der Waals surface area contributed by atoms with E-state index in [0.717, 1.165) is 4.90 Å². The van der Waals surface area contributed by atoms with Gasteiger partial charge in [-0.15, -0.1) is 12.3 Å². The van der Waals surface area contributed by atoms with Crippen molar-refractivity contribution in [3.63, 3.8) is 0 Å². The molecule has 76 valence electrons. The number of hydrogen-bond donors (Lipinski definition) is 1. The van der Waals surface area contributed by atoms with Crippen molar-refractivity contribution in [1.29, 1.82) is 0 Å². The molecule has 0 bridgehead atoms. The second kappa shape index (κ2) is 4.63. The minimum Gasteiger partial charge on any atom is -0.383 e. The molecule has 5 heteroatoms. The number of imide groups is 1. The van der Waals surface area contributed by atoms with E-state index in [4.69, 9.17) is 11.2 Å². The van der Waals surface area contributed by atoms with E-state index in [2.05, 4.69) is 11.2 Å². The van der Waals surface area contributed by atoms with Crippen molar-refractivity contribution in [2.45, 2.75) is 12.5 Å². The summed E-state index contributed by atoms with van der Waals surface area (Å²) >= 11 is 0. The quantitative estimate of drug-likeness (QED) is 0.490. The molecule has 1 fully saturated rings. The van der Waals surface area contributed by atoms with Crippen LogP contribution in [0, 0.1) is 12.3 Å². The van der Waals surface area contributed by atoms with Gasteiger partial charge in [-0.1, -0.05) is 0 Å². The average Bonchev–Trinajstić information content (AvgIpc) is 2.41. The summed E-state index contributed by atoms with van der Waals surface area (Å²) in [5.41, 5.74) is 0. The minimum absolute atomic E-state index is 0.230. The smallest absolute Gasteiger partial charge is 0.324 e. The van der Waals surface area contributed by atoms with Crippen LogP contribution in [0.25, 0.3) is 0 Å². The molecule has 1 unspecified atom stereocenters. The lowest BCUT2D eigenvalue weighted by molar-refractivity contribution is -0.127. The van der Waals surface area contributed by atoms with E-state index in [0.29, 0.717) is 6.61 Å². The summed E-state index contributed by atoms with van der Waals surface area (Å²) in [5, 5.41) is 2.50. The van der Waals surface area contributed by atoms with Crippen LogP contribution in [0.2, 0.25) is 0 Å². The monoisotopic (exact) mass is 196 g/mol. The number of nitrogens with one attached hydrogen (secondary N) is 1. The molecule has 0 aliphatic carbocycles. The highest BCUT2D eigenvalue weighted by Crippen LogP contribution is 2.08. The molecule has 1 atom stereocenters. The Bertz CT molecular complexity index is 282. The lowest BCUT2D eigenvalue weighted by Crippen LogP contribution is -2.34. The highest BCUT2D eigenvalue weighted by Gasteiger charge is 2.36. The Morgan fingerprint density at radius 3 is 2.93 bits per heavy atom. The van der Waals surface area contributed by atoms with Crippen LogP contribution in [-0.2, 0) is 9.53 Å². The number of hydrogen-bond acceptors (Lipinski definition) is 3. The van der Waals surface area contributed by atoms with Gasteiger partial charge in [-0.3, -0.25) is 9.69 Å². The van der Waals surface area contributed by atoms with Crippen LogP contribution in [0.1, 0.15) is 6.42 Å². The van der Waals surface area contributed by atoms with Gasteiger partial charge >= 0.3 is 6.03 Å². The minimum atomic E-state index is -0.565. The fourth-order valence-electron chi connectivity index (χ4n) is 1.23. The maximum atomic E-state index is 11.5. The van der Waals surface area contributed by atoms with Gasteiger partial charge in [0.25, 0.3) is 5.91 Å². The van der Waals surface area contributed by atoms with Crippen molar-refractivity contribution in [1.82, 2.24) is 10.2 Å². The topological polar surface area (TPSA) is 58.6 Å². The Kier molecular flexibility index (Phi) is 3.48. The summed E-state index contributed by atoms with van der Waals surface area (Å²) in [6.07, 6.45) is 5.30. The van der Waals surface area contributed by atoms with Gasteiger partial charge in [-0.25, -0.2) is 4.79 Å². The van der Waals surface area contributed by atoms with Gasteiger partial charge in [0.1, 0.15) is 6.04 Å². The van der Waals surface area contributed by atoms with E-state index in [1.54, 1.807) is 0 Å². The summed E-state index contributed by atoms with van der Waals surface area (Å²) in [6, 6.07) is -0.961. The van der Waals surface area contributed by atoms with E-state index in [1.807, 2.05) is 0 Å². The predicted octanol–water partition coefficient (Wildman–Crippen LogP) is -0.424. The van der Waals surface area contributed by atoms with Gasteiger partial charge in [0.2, 0.25) is 0 Å². The number of nitrogens with zero attached hydrogens (tertiary/aromatic N) is 1. The molecule has 1 rings (SSSR count). The summed E-state index contributed by atoms with van der Waals surface area (Å²) in [5.74, 6) is 2.07. The summed E-state index contributed by atoms with van der Waals surface area (Å²) in [7, 11) is 1.51. The third kappa shape index (κ3) is 2.03. The van der Waals surface area contributed by atoms with E-state index in [9.17, 15) is 9.59 Å². The number of urea groups is 1. The lowest BCUT2D eigenvalue weighted by Gasteiger charge is -2.11. The normalized spacial score (nSPS) is 20.9. The molecular weight excluding hydrogens is 184 g/mol. The fraction of sp³-hybridized carbons (Fsp3) is 0.556. The zero-order valence-electron chi connectivity index (χ0n) is 7.95. The van der Waals surface area contributed by atoms with Gasteiger partial charge < -0.3 is 10.1 Å². The highest BCUT2D eigenvalue weighted by molar-refractivity contribution is 6.04. The Labute approximate surface area is 82.4 Å². The number of methoxy groups -OCH3 is 1. The second-order valence-electron chi connectivity index (χ2n) is 2.89. The Balaban J connectivity index is 2.57. The summed E-state index contributed by atoms with van der Waals surface area (Å²) in [4.78, 5) is 23.9. The molecule has 5 nitrogen and oxygen atoms in total. The van der Waals surface area contributed by atoms with Crippen molar-refractivity contribution in [2.24, 2.45) is 0 Å².